The Kier molecular flexibility index (Phi) is 3.92. The van der Waals surface area contributed by atoms with Crippen LogP contribution in [-0.4, -0.2) is 18.4 Å². The van der Waals surface area contributed by atoms with Crippen LogP contribution in [0.1, 0.15) is 29.0 Å². The van der Waals surface area contributed by atoms with Crippen LogP contribution >= 0.6 is 11.3 Å². The summed E-state index contributed by atoms with van der Waals surface area (Å²) in [5, 5.41) is 0.402. The summed E-state index contributed by atoms with van der Waals surface area (Å²) in [7, 11) is -3.69. The topological polar surface area (TPSA) is 98.0 Å². The van der Waals surface area contributed by atoms with Gasteiger partial charge in [0.2, 0.25) is 0 Å². The molecule has 0 aliphatic heterocycles. The van der Waals surface area contributed by atoms with Gasteiger partial charge >= 0.3 is 0 Å². The van der Waals surface area contributed by atoms with E-state index in [2.05, 4.69) is 14.7 Å². The summed E-state index contributed by atoms with van der Waals surface area (Å²) in [5.74, 6) is 0. The number of sulfonamides is 1. The summed E-state index contributed by atoms with van der Waals surface area (Å²) < 4.78 is 27.1. The fourth-order valence-corrected chi connectivity index (χ4v) is 4.47. The summed E-state index contributed by atoms with van der Waals surface area (Å²) >= 11 is 1.42. The number of nitrogens with zero attached hydrogens (tertiary/aromatic N) is 2. The fraction of sp³-hybridized carbons (Fsp3) is 0.385. The van der Waals surface area contributed by atoms with Crippen LogP contribution in [-0.2, 0) is 29.4 Å². The molecular formula is C13H16N4O2S2. The van der Waals surface area contributed by atoms with Crippen molar-refractivity contribution in [2.24, 2.45) is 5.73 Å². The summed E-state index contributed by atoms with van der Waals surface area (Å²) in [4.78, 5) is 9.51. The molecule has 21 heavy (non-hydrogen) atoms. The molecule has 8 heteroatoms. The third-order valence-electron chi connectivity index (χ3n) is 3.38. The standard InChI is InChI=1S/C13H16N4O2S2/c14-7-9-5-6-12(15-8-9)21(18,19)17-13-16-10-3-1-2-4-11(10)20-13/h5-6,8H,1-4,7,14H2,(H,16,17). The van der Waals surface area contributed by atoms with Gasteiger partial charge in [0.15, 0.2) is 10.2 Å². The highest BCUT2D eigenvalue weighted by Gasteiger charge is 2.20. The number of anilines is 1. The van der Waals surface area contributed by atoms with Crippen LogP contribution in [0, 0.1) is 0 Å². The predicted octanol–water partition coefficient (Wildman–Crippen LogP) is 1.68. The highest BCUT2D eigenvalue weighted by atomic mass is 32.2. The Morgan fingerprint density at radius 2 is 2.10 bits per heavy atom. The number of hydrogen-bond donors (Lipinski definition) is 2. The lowest BCUT2D eigenvalue weighted by Gasteiger charge is -2.06. The number of nitrogens with one attached hydrogen (secondary N) is 1. The number of rotatable bonds is 4. The molecule has 1 aliphatic carbocycles. The molecule has 0 saturated heterocycles. The molecule has 2 aromatic rings. The SMILES string of the molecule is NCc1ccc(S(=O)(=O)Nc2nc3c(s2)CCCC3)nc1. The maximum Gasteiger partial charge on any atom is 0.281 e. The molecule has 1 aliphatic rings. The van der Waals surface area contributed by atoms with Crippen LogP contribution in [0.25, 0.3) is 0 Å². The van der Waals surface area contributed by atoms with E-state index in [9.17, 15) is 8.42 Å². The van der Waals surface area contributed by atoms with Gasteiger partial charge in [-0.3, -0.25) is 4.72 Å². The molecule has 0 unspecified atom stereocenters. The van der Waals surface area contributed by atoms with Crippen molar-refractivity contribution in [2.75, 3.05) is 4.72 Å². The first-order valence-corrected chi connectivity index (χ1v) is 9.05. The van der Waals surface area contributed by atoms with Crippen LogP contribution in [0.2, 0.25) is 0 Å². The van der Waals surface area contributed by atoms with Gasteiger partial charge in [0.25, 0.3) is 10.0 Å². The van der Waals surface area contributed by atoms with Gasteiger partial charge in [-0.2, -0.15) is 8.42 Å². The Morgan fingerprint density at radius 3 is 2.76 bits per heavy atom. The summed E-state index contributed by atoms with van der Waals surface area (Å²) in [6.07, 6.45) is 5.64. The van der Waals surface area contributed by atoms with Gasteiger partial charge in [0, 0.05) is 17.6 Å². The Bertz CT molecular complexity index is 715. The number of nitrogens with two attached hydrogens (primary N) is 1. The van der Waals surface area contributed by atoms with E-state index in [1.807, 2.05) is 0 Å². The zero-order chi connectivity index (χ0) is 14.9. The monoisotopic (exact) mass is 324 g/mol. The molecular weight excluding hydrogens is 308 g/mol. The quantitative estimate of drug-likeness (QED) is 0.891. The van der Waals surface area contributed by atoms with Crippen molar-refractivity contribution < 1.29 is 8.42 Å². The van der Waals surface area contributed by atoms with Gasteiger partial charge in [-0.05, 0) is 37.3 Å². The number of thiazole rings is 1. The van der Waals surface area contributed by atoms with Crippen molar-refractivity contribution >= 4 is 26.5 Å². The molecule has 112 valence electrons. The smallest absolute Gasteiger partial charge is 0.281 e. The van der Waals surface area contributed by atoms with E-state index in [-0.39, 0.29) is 5.03 Å². The molecule has 0 radical (unpaired) electrons. The molecule has 3 rings (SSSR count). The minimum Gasteiger partial charge on any atom is -0.326 e. The highest BCUT2D eigenvalue weighted by molar-refractivity contribution is 7.92. The molecule has 3 N–H and O–H groups in total. The second kappa shape index (κ2) is 5.70. The molecule has 0 bridgehead atoms. The Hall–Kier alpha value is -1.51. The maximum absolute atomic E-state index is 12.3. The van der Waals surface area contributed by atoms with Gasteiger partial charge in [0.1, 0.15) is 0 Å². The van der Waals surface area contributed by atoms with Crippen LogP contribution < -0.4 is 10.5 Å². The average Bonchev–Trinajstić information content (AvgIpc) is 2.88. The van der Waals surface area contributed by atoms with Crippen molar-refractivity contribution in [2.45, 2.75) is 37.3 Å². The lowest BCUT2D eigenvalue weighted by Crippen LogP contribution is -2.14. The zero-order valence-electron chi connectivity index (χ0n) is 11.4. The third-order valence-corrected chi connectivity index (χ3v) is 5.83. The summed E-state index contributed by atoms with van der Waals surface area (Å²) in [5.41, 5.74) is 7.29. The maximum atomic E-state index is 12.3. The number of aromatic nitrogens is 2. The molecule has 6 nitrogen and oxygen atoms in total. The van der Waals surface area contributed by atoms with Crippen LogP contribution in [0.15, 0.2) is 23.4 Å². The van der Waals surface area contributed by atoms with E-state index in [4.69, 9.17) is 5.73 Å². The van der Waals surface area contributed by atoms with Crippen molar-refractivity contribution in [3.05, 3.63) is 34.5 Å². The lowest BCUT2D eigenvalue weighted by molar-refractivity contribution is 0.597. The highest BCUT2D eigenvalue weighted by Crippen LogP contribution is 2.30. The first-order valence-electron chi connectivity index (χ1n) is 6.75. The minimum atomic E-state index is -3.69. The first kappa shape index (κ1) is 14.4. The van der Waals surface area contributed by atoms with Gasteiger partial charge in [-0.25, -0.2) is 9.97 Å². The van der Waals surface area contributed by atoms with Gasteiger partial charge in [-0.1, -0.05) is 6.07 Å². The lowest BCUT2D eigenvalue weighted by atomic mass is 10.0. The number of fused-ring (bicyclic) bond motifs is 1. The number of pyridine rings is 1. The van der Waals surface area contributed by atoms with E-state index in [1.54, 1.807) is 6.07 Å². The van der Waals surface area contributed by atoms with Crippen LogP contribution in [0.3, 0.4) is 0 Å². The average molecular weight is 324 g/mol. The normalized spacial score (nSPS) is 14.7. The molecule has 0 saturated carbocycles. The number of hydrogen-bond acceptors (Lipinski definition) is 6. The zero-order valence-corrected chi connectivity index (χ0v) is 13.0. The van der Waals surface area contributed by atoms with E-state index in [0.29, 0.717) is 11.7 Å². The summed E-state index contributed by atoms with van der Waals surface area (Å²) in [6, 6.07) is 3.12. The van der Waals surface area contributed by atoms with Crippen LogP contribution in [0.5, 0.6) is 0 Å². The van der Waals surface area contributed by atoms with Gasteiger partial charge in [0.05, 0.1) is 5.69 Å². The van der Waals surface area contributed by atoms with Crippen molar-refractivity contribution in [3.63, 3.8) is 0 Å². The molecule has 0 atom stereocenters. The van der Waals surface area contributed by atoms with Crippen molar-refractivity contribution in [3.8, 4) is 0 Å². The molecule has 0 aromatic carbocycles. The molecule has 2 aromatic heterocycles. The van der Waals surface area contributed by atoms with Gasteiger partial charge < -0.3 is 5.73 Å². The van der Waals surface area contributed by atoms with E-state index < -0.39 is 10.0 Å². The molecule has 2 heterocycles. The fourth-order valence-electron chi connectivity index (χ4n) is 2.25. The predicted molar refractivity (Wildman–Crippen MR) is 81.7 cm³/mol. The Balaban J connectivity index is 1.83. The third kappa shape index (κ3) is 3.07. The second-order valence-corrected chi connectivity index (χ2v) is 7.62. The number of aryl methyl sites for hydroxylation is 2. The van der Waals surface area contributed by atoms with E-state index in [1.165, 1.54) is 28.5 Å². The molecule has 0 spiro atoms. The molecule has 0 fully saturated rings. The van der Waals surface area contributed by atoms with Crippen LogP contribution in [0.4, 0.5) is 5.13 Å². The van der Waals surface area contributed by atoms with E-state index >= 15 is 0 Å². The Morgan fingerprint density at radius 1 is 1.29 bits per heavy atom. The Labute approximate surface area is 127 Å². The minimum absolute atomic E-state index is 0.0205. The molecule has 0 amide bonds. The van der Waals surface area contributed by atoms with Gasteiger partial charge in [-0.15, -0.1) is 11.3 Å². The summed E-state index contributed by atoms with van der Waals surface area (Å²) in [6.45, 7) is 0.333. The van der Waals surface area contributed by atoms with Crippen molar-refractivity contribution in [1.29, 1.82) is 0 Å². The van der Waals surface area contributed by atoms with E-state index in [0.717, 1.165) is 36.9 Å². The second-order valence-electron chi connectivity index (χ2n) is 4.91. The van der Waals surface area contributed by atoms with Crippen molar-refractivity contribution in [1.82, 2.24) is 9.97 Å². The largest absolute Gasteiger partial charge is 0.326 e. The first-order chi connectivity index (χ1) is 10.1.